The largest absolute Gasteiger partial charge is 0.140 e. The van der Waals surface area contributed by atoms with E-state index >= 15 is 0 Å². The third-order valence-electron chi connectivity index (χ3n) is 12.1. The van der Waals surface area contributed by atoms with Crippen LogP contribution >= 0.6 is 45.3 Å². The zero-order valence-corrected chi connectivity index (χ0v) is 34.4. The molecule has 9 aromatic rings. The van der Waals surface area contributed by atoms with Crippen molar-refractivity contribution in [3.8, 4) is 20.9 Å². The summed E-state index contributed by atoms with van der Waals surface area (Å²) in [5, 5.41) is 0. The highest BCUT2D eigenvalue weighted by Gasteiger charge is 2.53. The Labute approximate surface area is 333 Å². The van der Waals surface area contributed by atoms with Gasteiger partial charge in [-0.2, -0.15) is 0 Å². The number of benzene rings is 5. The molecule has 0 unspecified atom stereocenters. The van der Waals surface area contributed by atoms with Crippen LogP contribution < -0.4 is 0 Å². The topological polar surface area (TPSA) is 0 Å². The van der Waals surface area contributed by atoms with Gasteiger partial charge in [-0.3, -0.25) is 0 Å². The first-order valence-corrected chi connectivity index (χ1v) is 22.0. The number of aryl methyl sites for hydroxylation is 6. The molecule has 2 aliphatic rings. The molecule has 11 rings (SSSR count). The van der Waals surface area contributed by atoms with E-state index in [1.165, 1.54) is 116 Å². The van der Waals surface area contributed by atoms with Crippen LogP contribution in [-0.4, -0.2) is 0 Å². The Bertz CT molecular complexity index is 2870. The number of rotatable bonds is 4. The van der Waals surface area contributed by atoms with Gasteiger partial charge < -0.3 is 0 Å². The Hall–Kier alpha value is -4.58. The summed E-state index contributed by atoms with van der Waals surface area (Å²) in [4.78, 5) is 5.57. The molecule has 4 heteroatoms. The van der Waals surface area contributed by atoms with Crippen molar-refractivity contribution < 1.29 is 0 Å². The van der Waals surface area contributed by atoms with E-state index in [0.29, 0.717) is 0 Å². The molecule has 262 valence electrons. The molecule has 0 saturated carbocycles. The Morgan fingerprint density at radius 2 is 0.796 bits per heavy atom. The predicted octanol–water partition coefficient (Wildman–Crippen LogP) is 14.8. The average molecular weight is 767 g/mol. The van der Waals surface area contributed by atoms with Gasteiger partial charge in [0.15, 0.2) is 0 Å². The van der Waals surface area contributed by atoms with Gasteiger partial charge in [-0.05, 0) is 116 Å². The molecule has 4 aromatic heterocycles. The molecule has 2 aliphatic carbocycles. The van der Waals surface area contributed by atoms with E-state index in [2.05, 4.69) is 163 Å². The summed E-state index contributed by atoms with van der Waals surface area (Å²) in [6.45, 7) is 13.3. The predicted molar refractivity (Wildman–Crippen MR) is 236 cm³/mol. The molecule has 0 aliphatic heterocycles. The Balaban J connectivity index is 1.33. The van der Waals surface area contributed by atoms with Crippen molar-refractivity contribution in [1.29, 1.82) is 0 Å². The third kappa shape index (κ3) is 4.23. The Kier molecular flexibility index (Phi) is 6.97. The van der Waals surface area contributed by atoms with Crippen LogP contribution in [0.15, 0.2) is 121 Å². The zero-order chi connectivity index (χ0) is 36.7. The summed E-state index contributed by atoms with van der Waals surface area (Å²) >= 11 is 7.95. The van der Waals surface area contributed by atoms with Crippen molar-refractivity contribution in [3.05, 3.63) is 198 Å². The summed E-state index contributed by atoms with van der Waals surface area (Å²) in [7, 11) is 0. The van der Waals surface area contributed by atoms with Crippen molar-refractivity contribution in [2.75, 3.05) is 0 Å². The fourth-order valence-corrected chi connectivity index (χ4v) is 15.1. The third-order valence-corrected chi connectivity index (χ3v) is 17.1. The molecule has 0 fully saturated rings. The van der Waals surface area contributed by atoms with E-state index in [4.69, 9.17) is 0 Å². The first-order chi connectivity index (χ1) is 26.2. The highest BCUT2D eigenvalue weighted by Crippen LogP contribution is 2.67. The second-order valence-electron chi connectivity index (χ2n) is 15.6. The van der Waals surface area contributed by atoms with Gasteiger partial charge in [0.05, 0.1) is 24.9 Å². The summed E-state index contributed by atoms with van der Waals surface area (Å²) in [6, 6.07) is 47.8. The van der Waals surface area contributed by atoms with Crippen LogP contribution in [-0.2, 0) is 10.8 Å². The molecule has 54 heavy (non-hydrogen) atoms. The lowest BCUT2D eigenvalue weighted by atomic mass is 9.65. The average Bonchev–Trinajstić information content (AvgIpc) is 3.98. The lowest BCUT2D eigenvalue weighted by Gasteiger charge is -2.35. The van der Waals surface area contributed by atoms with Crippen LogP contribution in [0.25, 0.3) is 39.7 Å². The van der Waals surface area contributed by atoms with Gasteiger partial charge >= 0.3 is 0 Å². The first kappa shape index (κ1) is 32.8. The molecule has 0 bridgehead atoms. The molecule has 4 heterocycles. The van der Waals surface area contributed by atoms with E-state index in [9.17, 15) is 0 Å². The van der Waals surface area contributed by atoms with Crippen molar-refractivity contribution in [2.45, 2.75) is 52.4 Å². The SMILES string of the molecule is Cc1ccc(C2(c3ccc(C)cc3)c3cc4c(cc3-c3sc(C)cc32)C(c2ccc(C)cc2)(c2ccc(C)cc2)c2c-4sc3c2sc2cc(C)sc23)cc1. The van der Waals surface area contributed by atoms with Crippen LogP contribution in [0.4, 0.5) is 0 Å². The standard InChI is InChI=1S/C50H38S4/c1-27-7-15-33(16-8-27)49(34-17-9-28(2)10-18-34)39-26-38-40(25-37(39)44-41(49)23-31(5)51-44)50(35-19-11-29(3)12-20-35,36-21-13-30(4)14-22-36)43-45(38)54-48-46-42(53-47(43)48)24-32(6)52-46/h7-26H,1-6H3. The van der Waals surface area contributed by atoms with Crippen LogP contribution in [0.1, 0.15) is 76.5 Å². The van der Waals surface area contributed by atoms with Crippen molar-refractivity contribution in [3.63, 3.8) is 0 Å². The molecule has 0 amide bonds. The highest BCUT2D eigenvalue weighted by atomic mass is 32.1. The van der Waals surface area contributed by atoms with Crippen LogP contribution in [0.5, 0.6) is 0 Å². The van der Waals surface area contributed by atoms with Crippen LogP contribution in [0.2, 0.25) is 0 Å². The van der Waals surface area contributed by atoms with Gasteiger partial charge in [-0.1, -0.05) is 119 Å². The summed E-state index contributed by atoms with van der Waals surface area (Å²) < 4.78 is 5.76. The van der Waals surface area contributed by atoms with Crippen molar-refractivity contribution >= 4 is 64.1 Å². The maximum Gasteiger partial charge on any atom is 0.0736 e. The minimum absolute atomic E-state index is 0.433. The number of hydrogen-bond acceptors (Lipinski definition) is 4. The van der Waals surface area contributed by atoms with E-state index in [1.54, 1.807) is 0 Å². The number of hydrogen-bond donors (Lipinski definition) is 0. The lowest BCUT2D eigenvalue weighted by molar-refractivity contribution is 0.762. The summed E-state index contributed by atoms with van der Waals surface area (Å²) in [5.74, 6) is 0. The second kappa shape index (κ2) is 11.5. The molecule has 0 nitrogen and oxygen atoms in total. The van der Waals surface area contributed by atoms with Gasteiger partial charge in [0.25, 0.3) is 0 Å². The number of fused-ring (bicyclic) bond motifs is 10. The fourth-order valence-electron chi connectivity index (χ4n) is 9.67. The smallest absolute Gasteiger partial charge is 0.0736 e. The maximum atomic E-state index is 2.65. The van der Waals surface area contributed by atoms with E-state index in [0.717, 1.165) is 0 Å². The fraction of sp³-hybridized carbons (Fsp3) is 0.160. The molecule has 0 saturated heterocycles. The van der Waals surface area contributed by atoms with Crippen LogP contribution in [0, 0.1) is 41.5 Å². The normalized spacial score (nSPS) is 14.8. The molecule has 0 spiro atoms. The molecular weight excluding hydrogens is 729 g/mol. The summed E-state index contributed by atoms with van der Waals surface area (Å²) in [5.41, 5.74) is 18.0. The Morgan fingerprint density at radius 3 is 1.31 bits per heavy atom. The lowest BCUT2D eigenvalue weighted by Crippen LogP contribution is -2.30. The van der Waals surface area contributed by atoms with Crippen molar-refractivity contribution in [1.82, 2.24) is 0 Å². The van der Waals surface area contributed by atoms with Crippen molar-refractivity contribution in [2.24, 2.45) is 0 Å². The molecule has 5 aromatic carbocycles. The van der Waals surface area contributed by atoms with E-state index in [-0.39, 0.29) is 0 Å². The molecule has 0 N–H and O–H groups in total. The van der Waals surface area contributed by atoms with Crippen LogP contribution in [0.3, 0.4) is 0 Å². The first-order valence-electron chi connectivity index (χ1n) is 18.7. The second-order valence-corrected chi connectivity index (χ2v) is 20.2. The monoisotopic (exact) mass is 766 g/mol. The summed E-state index contributed by atoms with van der Waals surface area (Å²) in [6.07, 6.45) is 0. The quantitative estimate of drug-likeness (QED) is 0.167. The van der Waals surface area contributed by atoms with E-state index < -0.39 is 10.8 Å². The van der Waals surface area contributed by atoms with Gasteiger partial charge in [0, 0.05) is 29.8 Å². The zero-order valence-electron chi connectivity index (χ0n) is 31.2. The van der Waals surface area contributed by atoms with E-state index in [1.807, 2.05) is 45.3 Å². The van der Waals surface area contributed by atoms with Gasteiger partial charge in [0.2, 0.25) is 0 Å². The highest BCUT2D eigenvalue weighted by molar-refractivity contribution is 7.39. The van der Waals surface area contributed by atoms with Gasteiger partial charge in [0.1, 0.15) is 0 Å². The maximum absolute atomic E-state index is 2.65. The van der Waals surface area contributed by atoms with Gasteiger partial charge in [-0.15, -0.1) is 45.3 Å². The number of thiophene rings is 4. The minimum Gasteiger partial charge on any atom is -0.140 e. The van der Waals surface area contributed by atoms with Gasteiger partial charge in [-0.25, -0.2) is 0 Å². The minimum atomic E-state index is -0.465. The Morgan fingerprint density at radius 1 is 0.352 bits per heavy atom. The molecular formula is C50H38S4. The molecule has 0 radical (unpaired) electrons. The molecule has 0 atom stereocenters.